The van der Waals surface area contributed by atoms with Gasteiger partial charge in [0.05, 0.1) is 6.61 Å². The fourth-order valence-electron chi connectivity index (χ4n) is 3.38. The normalized spacial score (nSPS) is 18.8. The van der Waals surface area contributed by atoms with Gasteiger partial charge in [0, 0.05) is 20.1 Å². The molecule has 1 aromatic rings. The highest BCUT2D eigenvalue weighted by Gasteiger charge is 2.27. The first kappa shape index (κ1) is 16.5. The number of methoxy groups -OCH3 is 1. The van der Waals surface area contributed by atoms with Crippen LogP contribution in [0.4, 0.5) is 0 Å². The second-order valence-electron chi connectivity index (χ2n) is 6.01. The quantitative estimate of drug-likeness (QED) is 0.704. The van der Waals surface area contributed by atoms with Gasteiger partial charge < -0.3 is 14.6 Å². The van der Waals surface area contributed by atoms with Crippen molar-refractivity contribution in [3.8, 4) is 0 Å². The Hall–Kier alpha value is -0.900. The number of aliphatic hydroxyl groups excluding tert-OH is 1. The van der Waals surface area contributed by atoms with Crippen LogP contribution in [0.1, 0.15) is 44.1 Å². The average Bonchev–Trinajstić information content (AvgIpc) is 3.05. The van der Waals surface area contributed by atoms with E-state index in [2.05, 4.69) is 12.1 Å². The highest BCUT2D eigenvalue weighted by atomic mass is 16.7. The van der Waals surface area contributed by atoms with Gasteiger partial charge in [-0.25, -0.2) is 0 Å². The summed E-state index contributed by atoms with van der Waals surface area (Å²) >= 11 is 0. The molecule has 21 heavy (non-hydrogen) atoms. The zero-order valence-corrected chi connectivity index (χ0v) is 13.0. The van der Waals surface area contributed by atoms with Crippen LogP contribution in [0.25, 0.3) is 0 Å². The highest BCUT2D eigenvalue weighted by Crippen LogP contribution is 2.36. The van der Waals surface area contributed by atoms with Crippen molar-refractivity contribution in [3.63, 3.8) is 0 Å². The fourth-order valence-corrected chi connectivity index (χ4v) is 3.38. The van der Waals surface area contributed by atoms with E-state index in [0.29, 0.717) is 12.5 Å². The molecule has 3 heteroatoms. The highest BCUT2D eigenvalue weighted by molar-refractivity contribution is 5.13. The van der Waals surface area contributed by atoms with E-state index >= 15 is 0 Å². The number of hydrogen-bond acceptors (Lipinski definition) is 3. The van der Waals surface area contributed by atoms with Gasteiger partial charge in [-0.05, 0) is 23.8 Å². The molecule has 1 aliphatic rings. The van der Waals surface area contributed by atoms with Crippen LogP contribution >= 0.6 is 0 Å². The molecule has 2 atom stereocenters. The van der Waals surface area contributed by atoms with E-state index in [1.54, 1.807) is 7.11 Å². The van der Waals surface area contributed by atoms with Crippen molar-refractivity contribution in [2.75, 3.05) is 13.7 Å². The summed E-state index contributed by atoms with van der Waals surface area (Å²) in [6.07, 6.45) is 6.81. The van der Waals surface area contributed by atoms with E-state index in [1.165, 1.54) is 31.2 Å². The van der Waals surface area contributed by atoms with Crippen molar-refractivity contribution < 1.29 is 14.6 Å². The third-order valence-electron chi connectivity index (χ3n) is 4.60. The molecule has 0 saturated heterocycles. The Morgan fingerprint density at radius 3 is 2.52 bits per heavy atom. The second kappa shape index (κ2) is 9.19. The van der Waals surface area contributed by atoms with Gasteiger partial charge in [-0.1, -0.05) is 56.0 Å². The van der Waals surface area contributed by atoms with Crippen LogP contribution in [0, 0.1) is 11.8 Å². The molecule has 2 rings (SSSR count). The van der Waals surface area contributed by atoms with Crippen LogP contribution < -0.4 is 0 Å². The average molecular weight is 292 g/mol. The van der Waals surface area contributed by atoms with E-state index in [9.17, 15) is 5.11 Å². The van der Waals surface area contributed by atoms with Crippen LogP contribution in [0.2, 0.25) is 0 Å². The number of hydrogen-bond donors (Lipinski definition) is 1. The van der Waals surface area contributed by atoms with Crippen LogP contribution in [-0.2, 0) is 16.1 Å². The summed E-state index contributed by atoms with van der Waals surface area (Å²) in [6, 6.07) is 10.2. The van der Waals surface area contributed by atoms with Gasteiger partial charge in [0.1, 0.15) is 0 Å². The van der Waals surface area contributed by atoms with Gasteiger partial charge in [0.25, 0.3) is 0 Å². The molecule has 1 saturated carbocycles. The van der Waals surface area contributed by atoms with Crippen molar-refractivity contribution in [1.82, 2.24) is 0 Å². The van der Waals surface area contributed by atoms with E-state index < -0.39 is 0 Å². The predicted molar refractivity (Wildman–Crippen MR) is 83.8 cm³/mol. The van der Waals surface area contributed by atoms with E-state index in [1.807, 2.05) is 18.2 Å². The lowest BCUT2D eigenvalue weighted by atomic mass is 9.85. The molecular formula is C18H28O3. The maximum atomic E-state index is 9.31. The number of aliphatic hydroxyl groups is 1. The first-order valence-electron chi connectivity index (χ1n) is 8.12. The Kier molecular flexibility index (Phi) is 7.20. The first-order chi connectivity index (χ1) is 10.3. The van der Waals surface area contributed by atoms with Crippen LogP contribution in [-0.4, -0.2) is 25.1 Å². The third kappa shape index (κ3) is 5.42. The summed E-state index contributed by atoms with van der Waals surface area (Å²) in [5.74, 6) is 1.24. The largest absolute Gasteiger partial charge is 0.396 e. The lowest BCUT2D eigenvalue weighted by Gasteiger charge is -2.27. The molecule has 0 radical (unpaired) electrons. The molecule has 0 aromatic heterocycles. The molecule has 1 fully saturated rings. The molecule has 1 aliphatic carbocycles. The first-order valence-corrected chi connectivity index (χ1v) is 8.12. The third-order valence-corrected chi connectivity index (χ3v) is 4.60. The summed E-state index contributed by atoms with van der Waals surface area (Å²) in [7, 11) is 1.71. The zero-order chi connectivity index (χ0) is 14.9. The van der Waals surface area contributed by atoms with Gasteiger partial charge in [-0.15, -0.1) is 0 Å². The Labute approximate surface area is 128 Å². The predicted octanol–water partition coefficient (Wildman–Crippen LogP) is 3.75. The Balaban J connectivity index is 1.83. The van der Waals surface area contributed by atoms with E-state index in [0.717, 1.165) is 18.8 Å². The molecule has 0 bridgehead atoms. The van der Waals surface area contributed by atoms with Crippen LogP contribution in [0.3, 0.4) is 0 Å². The van der Waals surface area contributed by atoms with Crippen molar-refractivity contribution >= 4 is 0 Å². The molecule has 0 aliphatic heterocycles. The monoisotopic (exact) mass is 292 g/mol. The molecule has 0 heterocycles. The number of rotatable bonds is 9. The van der Waals surface area contributed by atoms with Crippen molar-refractivity contribution in [1.29, 1.82) is 0 Å². The summed E-state index contributed by atoms with van der Waals surface area (Å²) in [5.41, 5.74) is 1.17. The van der Waals surface area contributed by atoms with Gasteiger partial charge in [0.15, 0.2) is 6.29 Å². The van der Waals surface area contributed by atoms with E-state index in [4.69, 9.17) is 9.47 Å². The van der Waals surface area contributed by atoms with Crippen molar-refractivity contribution in [3.05, 3.63) is 35.9 Å². The maximum Gasteiger partial charge on any atom is 0.157 e. The van der Waals surface area contributed by atoms with Gasteiger partial charge >= 0.3 is 0 Å². The van der Waals surface area contributed by atoms with E-state index in [-0.39, 0.29) is 12.9 Å². The molecule has 118 valence electrons. The lowest BCUT2D eigenvalue weighted by molar-refractivity contribution is -0.145. The summed E-state index contributed by atoms with van der Waals surface area (Å²) in [5, 5.41) is 9.31. The topological polar surface area (TPSA) is 38.7 Å². The van der Waals surface area contributed by atoms with Crippen LogP contribution in [0.15, 0.2) is 30.3 Å². The molecule has 3 nitrogen and oxygen atoms in total. The molecule has 1 aromatic carbocycles. The van der Waals surface area contributed by atoms with Crippen LogP contribution in [0.5, 0.6) is 0 Å². The summed E-state index contributed by atoms with van der Waals surface area (Å²) in [6.45, 7) is 0.839. The minimum Gasteiger partial charge on any atom is -0.396 e. The fraction of sp³-hybridized carbons (Fsp3) is 0.667. The minimum atomic E-state index is -0.178. The summed E-state index contributed by atoms with van der Waals surface area (Å²) in [4.78, 5) is 0. The Morgan fingerprint density at radius 1 is 1.19 bits per heavy atom. The van der Waals surface area contributed by atoms with Gasteiger partial charge in [-0.2, -0.15) is 0 Å². The minimum absolute atomic E-state index is 0.178. The molecule has 0 amide bonds. The summed E-state index contributed by atoms with van der Waals surface area (Å²) < 4.78 is 11.4. The number of benzene rings is 1. The smallest absolute Gasteiger partial charge is 0.157 e. The SMILES string of the molecule is COC(CC(CCO)C1CCCC1)OCc1ccccc1. The molecular weight excluding hydrogens is 264 g/mol. The molecule has 1 N–H and O–H groups in total. The Morgan fingerprint density at radius 2 is 1.90 bits per heavy atom. The van der Waals surface area contributed by atoms with Crippen molar-refractivity contribution in [2.24, 2.45) is 11.8 Å². The lowest BCUT2D eigenvalue weighted by Crippen LogP contribution is -2.24. The zero-order valence-electron chi connectivity index (χ0n) is 13.0. The molecule has 0 spiro atoms. The standard InChI is InChI=1S/C18H28O3/c1-20-18(21-14-15-7-3-2-4-8-15)13-17(11-12-19)16-9-5-6-10-16/h2-4,7-8,16-19H,5-6,9-14H2,1H3. The van der Waals surface area contributed by atoms with Gasteiger partial charge in [-0.3, -0.25) is 0 Å². The maximum absolute atomic E-state index is 9.31. The molecule has 2 unspecified atom stereocenters. The van der Waals surface area contributed by atoms with Crippen molar-refractivity contribution in [2.45, 2.75) is 51.4 Å². The van der Waals surface area contributed by atoms with Gasteiger partial charge in [0.2, 0.25) is 0 Å². The second-order valence-corrected chi connectivity index (χ2v) is 6.01. The Bertz CT molecular complexity index is 373. The number of ether oxygens (including phenoxy) is 2.